The predicted octanol–water partition coefficient (Wildman–Crippen LogP) is 3.04. The molecule has 0 radical (unpaired) electrons. The molecule has 0 aliphatic rings. The van der Waals surface area contributed by atoms with Crippen LogP contribution in [0.4, 0.5) is 13.2 Å². The summed E-state index contributed by atoms with van der Waals surface area (Å²) >= 11 is 2.56. The zero-order valence-electron chi connectivity index (χ0n) is 7.47. The van der Waals surface area contributed by atoms with Gasteiger partial charge in [-0.15, -0.1) is 0 Å². The van der Waals surface area contributed by atoms with Crippen LogP contribution >= 0.6 is 15.9 Å². The topological polar surface area (TPSA) is 61.1 Å². The van der Waals surface area contributed by atoms with Crippen LogP contribution in [0, 0.1) is 11.3 Å². The Morgan fingerprint density at radius 3 is 2.38 bits per heavy atom. The van der Waals surface area contributed by atoms with E-state index in [0.717, 1.165) is 12.1 Å². The number of aromatic carboxylic acids is 1. The van der Waals surface area contributed by atoms with Crippen LogP contribution in [0.5, 0.6) is 0 Å². The molecule has 3 nitrogen and oxygen atoms in total. The molecule has 0 fully saturated rings. The zero-order chi connectivity index (χ0) is 12.5. The number of nitrogens with zero attached hydrogens (tertiary/aromatic N) is 1. The van der Waals surface area contributed by atoms with Crippen LogP contribution < -0.4 is 0 Å². The van der Waals surface area contributed by atoms with Gasteiger partial charge >= 0.3 is 12.1 Å². The fourth-order valence-corrected chi connectivity index (χ4v) is 1.85. The fraction of sp³-hybridized carbons (Fsp3) is 0.111. The van der Waals surface area contributed by atoms with Crippen molar-refractivity contribution in [2.75, 3.05) is 0 Å². The molecule has 0 spiro atoms. The third kappa shape index (κ3) is 2.17. The highest BCUT2D eigenvalue weighted by Crippen LogP contribution is 2.38. The summed E-state index contributed by atoms with van der Waals surface area (Å²) in [6.07, 6.45) is -4.78. The first-order valence-electron chi connectivity index (χ1n) is 3.82. The molecule has 0 saturated carbocycles. The molecule has 0 amide bonds. The molecule has 0 unspecified atom stereocenters. The van der Waals surface area contributed by atoms with Crippen molar-refractivity contribution < 1.29 is 23.1 Å². The highest BCUT2D eigenvalue weighted by molar-refractivity contribution is 9.10. The summed E-state index contributed by atoms with van der Waals surface area (Å²) in [4.78, 5) is 10.6. The molecule has 1 N–H and O–H groups in total. The van der Waals surface area contributed by atoms with Gasteiger partial charge in [-0.2, -0.15) is 18.4 Å². The Balaban J connectivity index is 3.62. The van der Waals surface area contributed by atoms with E-state index in [1.807, 2.05) is 0 Å². The van der Waals surface area contributed by atoms with Gasteiger partial charge in [0.25, 0.3) is 0 Å². The number of rotatable bonds is 1. The van der Waals surface area contributed by atoms with Gasteiger partial charge in [-0.3, -0.25) is 0 Å². The van der Waals surface area contributed by atoms with Crippen LogP contribution in [-0.2, 0) is 6.18 Å². The number of alkyl halides is 3. The second-order valence-corrected chi connectivity index (χ2v) is 3.56. The average Bonchev–Trinajstić information content (AvgIpc) is 2.14. The highest BCUT2D eigenvalue weighted by atomic mass is 79.9. The van der Waals surface area contributed by atoms with Crippen LogP contribution in [0.2, 0.25) is 0 Å². The Morgan fingerprint density at radius 2 is 2.00 bits per heavy atom. The van der Waals surface area contributed by atoms with Gasteiger partial charge in [0, 0.05) is 4.47 Å². The third-order valence-corrected chi connectivity index (χ3v) is 2.60. The first kappa shape index (κ1) is 12.5. The Labute approximate surface area is 96.2 Å². The number of nitriles is 1. The Morgan fingerprint density at radius 1 is 1.44 bits per heavy atom. The van der Waals surface area contributed by atoms with Gasteiger partial charge in [0.15, 0.2) is 0 Å². The van der Waals surface area contributed by atoms with Crippen molar-refractivity contribution in [2.24, 2.45) is 0 Å². The number of carbonyl (C=O) groups is 1. The van der Waals surface area contributed by atoms with Crippen molar-refractivity contribution in [3.8, 4) is 6.07 Å². The van der Waals surface area contributed by atoms with Gasteiger partial charge in [-0.25, -0.2) is 4.79 Å². The van der Waals surface area contributed by atoms with Gasteiger partial charge in [-0.05, 0) is 28.1 Å². The summed E-state index contributed by atoms with van der Waals surface area (Å²) in [5, 5.41) is 17.2. The average molecular weight is 294 g/mol. The molecule has 7 heteroatoms. The van der Waals surface area contributed by atoms with Crippen LogP contribution in [-0.4, -0.2) is 11.1 Å². The van der Waals surface area contributed by atoms with Gasteiger partial charge in [-0.1, -0.05) is 0 Å². The summed E-state index contributed by atoms with van der Waals surface area (Å²) in [5.41, 5.74) is -2.43. The molecular formula is C9H3BrF3NO2. The van der Waals surface area contributed by atoms with E-state index in [-0.39, 0.29) is 0 Å². The number of halogens is 4. The Hall–Kier alpha value is -1.55. The van der Waals surface area contributed by atoms with Crippen LogP contribution in [0.1, 0.15) is 21.5 Å². The summed E-state index contributed by atoms with van der Waals surface area (Å²) in [7, 11) is 0. The first-order valence-corrected chi connectivity index (χ1v) is 4.61. The van der Waals surface area contributed by atoms with Gasteiger partial charge < -0.3 is 5.11 Å². The lowest BCUT2D eigenvalue weighted by atomic mass is 10.0. The van der Waals surface area contributed by atoms with Crippen molar-refractivity contribution in [2.45, 2.75) is 6.18 Å². The van der Waals surface area contributed by atoms with E-state index >= 15 is 0 Å². The molecule has 0 bridgehead atoms. The third-order valence-electron chi connectivity index (χ3n) is 1.78. The number of carboxylic acids is 1. The van der Waals surface area contributed by atoms with Gasteiger partial charge in [0.05, 0.1) is 22.8 Å². The molecule has 0 aliphatic heterocycles. The quantitative estimate of drug-likeness (QED) is 0.866. The van der Waals surface area contributed by atoms with E-state index in [4.69, 9.17) is 10.4 Å². The van der Waals surface area contributed by atoms with Crippen LogP contribution in [0.3, 0.4) is 0 Å². The Kier molecular flexibility index (Phi) is 3.24. The molecule has 0 heterocycles. The van der Waals surface area contributed by atoms with Crippen molar-refractivity contribution >= 4 is 21.9 Å². The largest absolute Gasteiger partial charge is 0.478 e. The van der Waals surface area contributed by atoms with Crippen LogP contribution in [0.25, 0.3) is 0 Å². The molecule has 84 valence electrons. The minimum atomic E-state index is -4.78. The summed E-state index contributed by atoms with van der Waals surface area (Å²) in [5.74, 6) is -1.50. The Bertz CT molecular complexity index is 491. The number of hydrogen-bond donors (Lipinski definition) is 1. The monoisotopic (exact) mass is 293 g/mol. The summed E-state index contributed by atoms with van der Waals surface area (Å²) in [6.45, 7) is 0. The predicted molar refractivity (Wildman–Crippen MR) is 50.8 cm³/mol. The number of benzene rings is 1. The molecule has 0 saturated heterocycles. The molecule has 1 aromatic rings. The first-order chi connectivity index (χ1) is 7.29. The standard InChI is InChI=1S/C9H3BrF3NO2/c10-7-5(8(15)16)2-1-4(3-14)6(7)9(11,12)13/h1-2H,(H,15,16). The molecule has 1 rings (SSSR count). The summed E-state index contributed by atoms with van der Waals surface area (Å²) < 4.78 is 37.1. The van der Waals surface area contributed by atoms with E-state index in [9.17, 15) is 18.0 Å². The molecule has 1 aromatic carbocycles. The van der Waals surface area contributed by atoms with Gasteiger partial charge in [0.2, 0.25) is 0 Å². The SMILES string of the molecule is N#Cc1ccc(C(=O)O)c(Br)c1C(F)(F)F. The minimum Gasteiger partial charge on any atom is -0.478 e. The summed E-state index contributed by atoms with van der Waals surface area (Å²) in [6, 6.07) is 3.14. The van der Waals surface area contributed by atoms with Crippen molar-refractivity contribution in [3.05, 3.63) is 33.3 Å². The molecule has 0 atom stereocenters. The molecular weight excluding hydrogens is 291 g/mol. The van der Waals surface area contributed by atoms with Crippen molar-refractivity contribution in [3.63, 3.8) is 0 Å². The smallest absolute Gasteiger partial charge is 0.418 e. The van der Waals surface area contributed by atoms with Gasteiger partial charge in [0.1, 0.15) is 0 Å². The number of hydrogen-bond acceptors (Lipinski definition) is 2. The maximum Gasteiger partial charge on any atom is 0.418 e. The highest BCUT2D eigenvalue weighted by Gasteiger charge is 2.37. The minimum absolute atomic E-state index is 0.536. The van der Waals surface area contributed by atoms with E-state index < -0.39 is 33.3 Å². The van der Waals surface area contributed by atoms with E-state index in [0.29, 0.717) is 0 Å². The normalized spacial score (nSPS) is 10.9. The van der Waals surface area contributed by atoms with E-state index in [1.165, 1.54) is 6.07 Å². The zero-order valence-corrected chi connectivity index (χ0v) is 9.06. The van der Waals surface area contributed by atoms with E-state index in [2.05, 4.69) is 15.9 Å². The van der Waals surface area contributed by atoms with Crippen molar-refractivity contribution in [1.82, 2.24) is 0 Å². The van der Waals surface area contributed by atoms with Crippen molar-refractivity contribution in [1.29, 1.82) is 5.26 Å². The maximum atomic E-state index is 12.6. The lowest BCUT2D eigenvalue weighted by molar-refractivity contribution is -0.138. The van der Waals surface area contributed by atoms with Crippen LogP contribution in [0.15, 0.2) is 16.6 Å². The maximum absolute atomic E-state index is 12.6. The second-order valence-electron chi connectivity index (χ2n) is 2.76. The van der Waals surface area contributed by atoms with E-state index in [1.54, 1.807) is 0 Å². The lowest BCUT2D eigenvalue weighted by Crippen LogP contribution is -2.12. The molecule has 16 heavy (non-hydrogen) atoms. The fourth-order valence-electron chi connectivity index (χ4n) is 1.11. The number of carboxylic acid groups (broad SMARTS) is 1. The molecule has 0 aliphatic carbocycles. The lowest BCUT2D eigenvalue weighted by Gasteiger charge is -2.12. The second kappa shape index (κ2) is 4.14. The molecule has 0 aromatic heterocycles.